The lowest BCUT2D eigenvalue weighted by atomic mass is 10.2. The van der Waals surface area contributed by atoms with Crippen LogP contribution in [0.1, 0.15) is 12.5 Å². The van der Waals surface area contributed by atoms with E-state index in [0.29, 0.717) is 12.4 Å². The Labute approximate surface area is 144 Å². The monoisotopic (exact) mass is 344 g/mol. The summed E-state index contributed by atoms with van der Waals surface area (Å²) < 4.78 is 33.9. The highest BCUT2D eigenvalue weighted by Gasteiger charge is 2.10. The van der Waals surface area contributed by atoms with E-state index >= 15 is 0 Å². The largest absolute Gasteiger partial charge is 0.439 e. The third kappa shape index (κ3) is 4.60. The molecule has 5 nitrogen and oxygen atoms in total. The second-order valence-corrected chi connectivity index (χ2v) is 5.69. The van der Waals surface area contributed by atoms with E-state index < -0.39 is 11.6 Å². The van der Waals surface area contributed by atoms with E-state index in [2.05, 4.69) is 22.2 Å². The fourth-order valence-electron chi connectivity index (χ4n) is 2.36. The lowest BCUT2D eigenvalue weighted by molar-refractivity contribution is 0.431. The minimum absolute atomic E-state index is 0.199. The van der Waals surface area contributed by atoms with Gasteiger partial charge in [0, 0.05) is 49.4 Å². The van der Waals surface area contributed by atoms with Crippen LogP contribution in [0.3, 0.4) is 0 Å². The van der Waals surface area contributed by atoms with Crippen molar-refractivity contribution in [1.82, 2.24) is 19.9 Å². The van der Waals surface area contributed by atoms with E-state index in [-0.39, 0.29) is 11.8 Å². The van der Waals surface area contributed by atoms with E-state index in [0.717, 1.165) is 24.2 Å². The van der Waals surface area contributed by atoms with Crippen molar-refractivity contribution < 1.29 is 13.5 Å². The molecule has 130 valence electrons. The maximum atomic E-state index is 13.3. The van der Waals surface area contributed by atoms with Crippen LogP contribution in [0.5, 0.6) is 11.6 Å². The lowest BCUT2D eigenvalue weighted by Gasteiger charge is -2.16. The van der Waals surface area contributed by atoms with Crippen molar-refractivity contribution in [3.63, 3.8) is 0 Å². The molecule has 3 rings (SSSR count). The highest BCUT2D eigenvalue weighted by atomic mass is 19.2. The molecule has 0 aliphatic rings. The van der Waals surface area contributed by atoms with E-state index in [4.69, 9.17) is 4.74 Å². The average molecular weight is 344 g/mol. The van der Waals surface area contributed by atoms with Crippen LogP contribution in [0.4, 0.5) is 8.78 Å². The van der Waals surface area contributed by atoms with Crippen LogP contribution in [-0.4, -0.2) is 20.6 Å². The molecule has 0 spiro atoms. The summed E-state index contributed by atoms with van der Waals surface area (Å²) >= 11 is 0. The van der Waals surface area contributed by atoms with Gasteiger partial charge in [0.1, 0.15) is 5.75 Å². The number of hydrogen-bond acceptors (Lipinski definition) is 4. The Bertz CT molecular complexity index is 824. The molecule has 0 aliphatic heterocycles. The maximum absolute atomic E-state index is 13.3. The molecular weight excluding hydrogens is 326 g/mol. The van der Waals surface area contributed by atoms with Gasteiger partial charge in [0.25, 0.3) is 0 Å². The van der Waals surface area contributed by atoms with E-state index in [1.165, 1.54) is 6.07 Å². The van der Waals surface area contributed by atoms with Gasteiger partial charge in [-0.25, -0.2) is 18.7 Å². The van der Waals surface area contributed by atoms with Crippen LogP contribution >= 0.6 is 0 Å². The summed E-state index contributed by atoms with van der Waals surface area (Å²) in [5, 5.41) is 3.38. The number of rotatable bonds is 7. The van der Waals surface area contributed by atoms with Gasteiger partial charge in [-0.05, 0) is 25.1 Å². The Morgan fingerprint density at radius 1 is 1.20 bits per heavy atom. The predicted molar refractivity (Wildman–Crippen MR) is 89.2 cm³/mol. The molecule has 0 fully saturated rings. The molecule has 0 unspecified atom stereocenters. The summed E-state index contributed by atoms with van der Waals surface area (Å²) in [5.41, 5.74) is 0.824. The van der Waals surface area contributed by atoms with Crippen molar-refractivity contribution in [2.24, 2.45) is 0 Å². The number of ether oxygens (including phenoxy) is 1. The van der Waals surface area contributed by atoms with Gasteiger partial charge in [-0.2, -0.15) is 0 Å². The highest BCUT2D eigenvalue weighted by molar-refractivity contribution is 5.32. The third-order valence-electron chi connectivity index (χ3n) is 3.64. The molecule has 0 saturated heterocycles. The number of imidazole rings is 1. The zero-order valence-corrected chi connectivity index (χ0v) is 13.7. The fourth-order valence-corrected chi connectivity index (χ4v) is 2.36. The number of nitrogens with one attached hydrogen (secondary N) is 1. The number of pyridine rings is 1. The Hall–Kier alpha value is -2.80. The quantitative estimate of drug-likeness (QED) is 0.712. The van der Waals surface area contributed by atoms with E-state index in [1.54, 1.807) is 24.8 Å². The van der Waals surface area contributed by atoms with Crippen LogP contribution in [-0.2, 0) is 13.1 Å². The molecule has 2 aromatic heterocycles. The van der Waals surface area contributed by atoms with Crippen molar-refractivity contribution in [1.29, 1.82) is 0 Å². The first-order valence-electron chi connectivity index (χ1n) is 7.88. The van der Waals surface area contributed by atoms with Crippen LogP contribution in [0, 0.1) is 11.6 Å². The first-order valence-corrected chi connectivity index (χ1v) is 7.88. The normalized spacial score (nSPS) is 12.1. The second-order valence-electron chi connectivity index (χ2n) is 5.69. The minimum Gasteiger partial charge on any atom is -0.439 e. The Balaban J connectivity index is 1.65. The summed E-state index contributed by atoms with van der Waals surface area (Å²) in [5.74, 6) is -1.31. The molecule has 1 atom stereocenters. The molecule has 0 bridgehead atoms. The van der Waals surface area contributed by atoms with E-state index in [9.17, 15) is 8.78 Å². The summed E-state index contributed by atoms with van der Waals surface area (Å²) in [6.45, 7) is 3.37. The summed E-state index contributed by atoms with van der Waals surface area (Å²) in [7, 11) is 0. The van der Waals surface area contributed by atoms with Gasteiger partial charge in [0.05, 0.1) is 6.33 Å². The SMILES string of the molecule is C[C@@H](Cn1ccnc1)NCc1cccnc1Oc1ccc(F)c(F)c1. The maximum Gasteiger partial charge on any atom is 0.223 e. The topological polar surface area (TPSA) is 52.0 Å². The van der Waals surface area contributed by atoms with Gasteiger partial charge >= 0.3 is 0 Å². The van der Waals surface area contributed by atoms with Crippen molar-refractivity contribution in [3.05, 3.63) is 72.4 Å². The van der Waals surface area contributed by atoms with Gasteiger partial charge in [0.15, 0.2) is 11.6 Å². The molecule has 3 aromatic rings. The molecule has 1 N–H and O–H groups in total. The molecule has 2 heterocycles. The number of halogens is 2. The van der Waals surface area contributed by atoms with Gasteiger partial charge in [0.2, 0.25) is 5.88 Å². The predicted octanol–water partition coefficient (Wildman–Crippen LogP) is 3.53. The van der Waals surface area contributed by atoms with Gasteiger partial charge in [-0.3, -0.25) is 0 Å². The fraction of sp³-hybridized carbons (Fsp3) is 0.222. The number of benzene rings is 1. The first-order chi connectivity index (χ1) is 12.1. The Kier molecular flexibility index (Phi) is 5.35. The zero-order valence-electron chi connectivity index (χ0n) is 13.7. The number of aromatic nitrogens is 3. The van der Waals surface area contributed by atoms with Crippen molar-refractivity contribution in [2.45, 2.75) is 26.1 Å². The van der Waals surface area contributed by atoms with Gasteiger partial charge in [-0.1, -0.05) is 6.07 Å². The van der Waals surface area contributed by atoms with Crippen LogP contribution in [0.25, 0.3) is 0 Å². The van der Waals surface area contributed by atoms with Crippen LogP contribution < -0.4 is 10.1 Å². The molecule has 0 aliphatic carbocycles. The third-order valence-corrected chi connectivity index (χ3v) is 3.64. The molecule has 0 amide bonds. The average Bonchev–Trinajstić information content (AvgIpc) is 3.10. The van der Waals surface area contributed by atoms with Crippen LogP contribution in [0.15, 0.2) is 55.2 Å². The lowest BCUT2D eigenvalue weighted by Crippen LogP contribution is -2.29. The van der Waals surface area contributed by atoms with Crippen molar-refractivity contribution in [3.8, 4) is 11.6 Å². The Morgan fingerprint density at radius 2 is 2.08 bits per heavy atom. The van der Waals surface area contributed by atoms with E-state index in [1.807, 2.05) is 16.8 Å². The molecule has 1 aromatic carbocycles. The van der Waals surface area contributed by atoms with Gasteiger partial charge in [-0.15, -0.1) is 0 Å². The van der Waals surface area contributed by atoms with Crippen molar-refractivity contribution in [2.75, 3.05) is 0 Å². The molecule has 0 saturated carbocycles. The highest BCUT2D eigenvalue weighted by Crippen LogP contribution is 2.24. The number of hydrogen-bond donors (Lipinski definition) is 1. The first kappa shape index (κ1) is 17.0. The molecule has 25 heavy (non-hydrogen) atoms. The minimum atomic E-state index is -0.956. The zero-order chi connectivity index (χ0) is 17.6. The van der Waals surface area contributed by atoms with Crippen LogP contribution in [0.2, 0.25) is 0 Å². The molecular formula is C18H18F2N4O. The molecule has 7 heteroatoms. The molecule has 0 radical (unpaired) electrons. The standard InChI is InChI=1S/C18H18F2N4O/c1-13(11-24-8-7-21-12-24)23-10-14-3-2-6-22-18(14)25-15-4-5-16(19)17(20)9-15/h2-9,12-13,23H,10-11H2,1H3/t13-/m0/s1. The Morgan fingerprint density at radius 3 is 2.84 bits per heavy atom. The summed E-state index contributed by atoms with van der Waals surface area (Å²) in [4.78, 5) is 8.20. The second kappa shape index (κ2) is 7.85. The summed E-state index contributed by atoms with van der Waals surface area (Å²) in [6, 6.07) is 7.27. The smallest absolute Gasteiger partial charge is 0.223 e. The van der Waals surface area contributed by atoms with Gasteiger partial charge < -0.3 is 14.6 Å². The van der Waals surface area contributed by atoms with Crippen molar-refractivity contribution >= 4 is 0 Å². The number of nitrogens with zero attached hydrogens (tertiary/aromatic N) is 3. The summed E-state index contributed by atoms with van der Waals surface area (Å²) in [6.07, 6.45) is 7.00.